The van der Waals surface area contributed by atoms with Gasteiger partial charge >= 0.3 is 0 Å². The molecule has 0 atom stereocenters. The summed E-state index contributed by atoms with van der Waals surface area (Å²) in [6.07, 6.45) is 0. The summed E-state index contributed by atoms with van der Waals surface area (Å²) < 4.78 is 7.33. The van der Waals surface area contributed by atoms with Crippen molar-refractivity contribution in [1.29, 1.82) is 0 Å². The quantitative estimate of drug-likeness (QED) is 0.327. The van der Waals surface area contributed by atoms with Crippen LogP contribution in [0.5, 0.6) is 5.75 Å². The van der Waals surface area contributed by atoms with Crippen LogP contribution in [0.1, 0.15) is 17.3 Å². The molecule has 0 radical (unpaired) electrons. The zero-order valence-corrected chi connectivity index (χ0v) is 18.2. The first-order valence-electron chi connectivity index (χ1n) is 8.32. The molecule has 0 saturated heterocycles. The Bertz CT molecular complexity index is 1020. The van der Waals surface area contributed by atoms with Gasteiger partial charge in [-0.1, -0.05) is 46.6 Å². The van der Waals surface area contributed by atoms with Gasteiger partial charge in [-0.2, -0.15) is 0 Å². The molecule has 3 aromatic rings. The molecule has 0 bridgehead atoms. The number of aromatic nitrogens is 3. The van der Waals surface area contributed by atoms with Crippen molar-refractivity contribution in [3.63, 3.8) is 0 Å². The van der Waals surface area contributed by atoms with E-state index in [4.69, 9.17) is 39.5 Å². The standard InChI is InChI=1S/C19H16Cl3N3O2S/c1-3-25-18(14-8-11(20)5-7-17(14)27-2)23-24-19(25)28-10-16(26)13-6-4-12(21)9-15(13)22/h4-9H,3,10H2,1-2H3. The number of ether oxygens (including phenoxy) is 1. The van der Waals surface area contributed by atoms with Gasteiger partial charge in [-0.3, -0.25) is 4.79 Å². The van der Waals surface area contributed by atoms with Crippen molar-refractivity contribution in [2.45, 2.75) is 18.6 Å². The highest BCUT2D eigenvalue weighted by Crippen LogP contribution is 2.33. The van der Waals surface area contributed by atoms with Crippen LogP contribution in [0, 0.1) is 0 Å². The molecule has 1 aromatic heterocycles. The van der Waals surface area contributed by atoms with E-state index in [1.54, 1.807) is 43.5 Å². The molecule has 0 saturated carbocycles. The number of methoxy groups -OCH3 is 1. The third kappa shape index (κ3) is 4.46. The average molecular weight is 457 g/mol. The second-order valence-corrected chi connectivity index (χ2v) is 7.95. The largest absolute Gasteiger partial charge is 0.496 e. The average Bonchev–Trinajstić information content (AvgIpc) is 3.08. The molecule has 146 valence electrons. The van der Waals surface area contributed by atoms with Crippen molar-refractivity contribution in [3.05, 3.63) is 57.0 Å². The van der Waals surface area contributed by atoms with Crippen LogP contribution in [0.2, 0.25) is 15.1 Å². The van der Waals surface area contributed by atoms with Crippen molar-refractivity contribution in [2.75, 3.05) is 12.9 Å². The Kier molecular flexibility index (Phi) is 6.88. The van der Waals surface area contributed by atoms with Crippen molar-refractivity contribution in [3.8, 4) is 17.1 Å². The highest BCUT2D eigenvalue weighted by Gasteiger charge is 2.19. The summed E-state index contributed by atoms with van der Waals surface area (Å²) in [6, 6.07) is 10.1. The smallest absolute Gasteiger partial charge is 0.191 e. The lowest BCUT2D eigenvalue weighted by Crippen LogP contribution is -2.06. The summed E-state index contributed by atoms with van der Waals surface area (Å²) in [6.45, 7) is 2.60. The second kappa shape index (κ2) is 9.18. The van der Waals surface area contributed by atoms with Crippen LogP contribution in [0.3, 0.4) is 0 Å². The lowest BCUT2D eigenvalue weighted by Gasteiger charge is -2.11. The molecule has 0 N–H and O–H groups in total. The molecule has 3 rings (SSSR count). The van der Waals surface area contributed by atoms with E-state index in [2.05, 4.69) is 10.2 Å². The first-order valence-corrected chi connectivity index (χ1v) is 10.4. The van der Waals surface area contributed by atoms with Crippen LogP contribution in [0.25, 0.3) is 11.4 Å². The van der Waals surface area contributed by atoms with Gasteiger partial charge in [-0.05, 0) is 43.3 Å². The van der Waals surface area contributed by atoms with E-state index in [0.29, 0.717) is 43.9 Å². The minimum absolute atomic E-state index is 0.112. The van der Waals surface area contributed by atoms with Gasteiger partial charge in [0.2, 0.25) is 0 Å². The van der Waals surface area contributed by atoms with E-state index in [9.17, 15) is 4.79 Å². The fraction of sp³-hybridized carbons (Fsp3) is 0.211. The van der Waals surface area contributed by atoms with Gasteiger partial charge in [-0.25, -0.2) is 0 Å². The van der Waals surface area contributed by atoms with Gasteiger partial charge in [0, 0.05) is 22.2 Å². The Morgan fingerprint density at radius 3 is 2.50 bits per heavy atom. The summed E-state index contributed by atoms with van der Waals surface area (Å²) in [5.74, 6) is 1.33. The van der Waals surface area contributed by atoms with Gasteiger partial charge in [0.15, 0.2) is 16.8 Å². The Hall–Kier alpha value is -1.73. The number of rotatable bonds is 7. The lowest BCUT2D eigenvalue weighted by atomic mass is 10.1. The summed E-state index contributed by atoms with van der Waals surface area (Å²) in [5.41, 5.74) is 1.17. The number of Topliss-reactive ketones (excluding diaryl/α,β-unsaturated/α-hetero) is 1. The predicted octanol–water partition coefficient (Wildman–Crippen LogP) is 5.91. The number of carbonyl (C=O) groups is 1. The topological polar surface area (TPSA) is 57.0 Å². The molecule has 0 amide bonds. The van der Waals surface area contributed by atoms with Crippen LogP contribution in [-0.2, 0) is 6.54 Å². The molecule has 0 aliphatic heterocycles. The fourth-order valence-electron chi connectivity index (χ4n) is 2.66. The number of hydrogen-bond donors (Lipinski definition) is 0. The zero-order valence-electron chi connectivity index (χ0n) is 15.1. The highest BCUT2D eigenvalue weighted by molar-refractivity contribution is 7.99. The van der Waals surface area contributed by atoms with Crippen LogP contribution in [0.4, 0.5) is 0 Å². The van der Waals surface area contributed by atoms with E-state index >= 15 is 0 Å². The third-order valence-electron chi connectivity index (χ3n) is 4.00. The SMILES string of the molecule is CCn1c(SCC(=O)c2ccc(Cl)cc2Cl)nnc1-c1cc(Cl)ccc1OC. The minimum atomic E-state index is -0.112. The third-order valence-corrected chi connectivity index (χ3v) is 5.75. The van der Waals surface area contributed by atoms with Crippen LogP contribution in [0.15, 0.2) is 41.6 Å². The summed E-state index contributed by atoms with van der Waals surface area (Å²) >= 11 is 19.4. The van der Waals surface area contributed by atoms with E-state index in [1.165, 1.54) is 11.8 Å². The van der Waals surface area contributed by atoms with E-state index in [1.807, 2.05) is 11.5 Å². The Morgan fingerprint density at radius 2 is 1.82 bits per heavy atom. The first kappa shape index (κ1) is 21.0. The van der Waals surface area contributed by atoms with Crippen molar-refractivity contribution in [2.24, 2.45) is 0 Å². The van der Waals surface area contributed by atoms with E-state index in [0.717, 1.165) is 5.56 Å². The van der Waals surface area contributed by atoms with Crippen molar-refractivity contribution < 1.29 is 9.53 Å². The molecule has 0 unspecified atom stereocenters. The van der Waals surface area contributed by atoms with Gasteiger partial charge < -0.3 is 9.30 Å². The van der Waals surface area contributed by atoms with Crippen molar-refractivity contribution in [1.82, 2.24) is 14.8 Å². The number of hydrogen-bond acceptors (Lipinski definition) is 5. The lowest BCUT2D eigenvalue weighted by molar-refractivity contribution is 0.102. The summed E-state index contributed by atoms with van der Waals surface area (Å²) in [5, 5.41) is 10.5. The number of carbonyl (C=O) groups excluding carboxylic acids is 1. The molecule has 0 spiro atoms. The van der Waals surface area contributed by atoms with Crippen LogP contribution >= 0.6 is 46.6 Å². The molecular formula is C19H16Cl3N3O2S. The number of nitrogens with zero attached hydrogens (tertiary/aromatic N) is 3. The summed E-state index contributed by atoms with van der Waals surface area (Å²) in [7, 11) is 1.59. The second-order valence-electron chi connectivity index (χ2n) is 5.73. The molecule has 1 heterocycles. The number of benzene rings is 2. The Balaban J connectivity index is 1.85. The monoisotopic (exact) mass is 455 g/mol. The molecule has 0 aliphatic carbocycles. The molecule has 28 heavy (non-hydrogen) atoms. The van der Waals surface area contributed by atoms with Gasteiger partial charge in [0.05, 0.1) is 23.4 Å². The van der Waals surface area contributed by atoms with Gasteiger partial charge in [-0.15, -0.1) is 10.2 Å². The Morgan fingerprint density at radius 1 is 1.11 bits per heavy atom. The maximum absolute atomic E-state index is 12.5. The molecule has 0 fully saturated rings. The molecule has 0 aliphatic rings. The predicted molar refractivity (Wildman–Crippen MR) is 114 cm³/mol. The maximum Gasteiger partial charge on any atom is 0.191 e. The summed E-state index contributed by atoms with van der Waals surface area (Å²) in [4.78, 5) is 12.5. The number of halogens is 3. The normalized spacial score (nSPS) is 10.9. The van der Waals surface area contributed by atoms with Gasteiger partial charge in [0.25, 0.3) is 0 Å². The van der Waals surface area contributed by atoms with Crippen LogP contribution < -0.4 is 4.74 Å². The van der Waals surface area contributed by atoms with Crippen molar-refractivity contribution >= 4 is 52.3 Å². The fourth-order valence-corrected chi connectivity index (χ4v) is 4.23. The minimum Gasteiger partial charge on any atom is -0.496 e. The number of ketones is 1. The van der Waals surface area contributed by atoms with E-state index in [-0.39, 0.29) is 11.5 Å². The molecule has 5 nitrogen and oxygen atoms in total. The Labute approximate surface area is 182 Å². The molecule has 2 aromatic carbocycles. The van der Waals surface area contributed by atoms with E-state index < -0.39 is 0 Å². The maximum atomic E-state index is 12.5. The first-order chi connectivity index (χ1) is 13.4. The zero-order chi connectivity index (χ0) is 20.3. The molecular weight excluding hydrogens is 441 g/mol. The highest BCUT2D eigenvalue weighted by atomic mass is 35.5. The number of thioether (sulfide) groups is 1. The molecule has 9 heteroatoms. The van der Waals surface area contributed by atoms with Gasteiger partial charge in [0.1, 0.15) is 5.75 Å². The van der Waals surface area contributed by atoms with Crippen LogP contribution in [-0.4, -0.2) is 33.4 Å².